The molecule has 28 heavy (non-hydrogen) atoms. The number of hydrogen-bond acceptors (Lipinski definition) is 4. The van der Waals surface area contributed by atoms with Crippen LogP contribution in [-0.4, -0.2) is 46.5 Å². The van der Waals surface area contributed by atoms with Gasteiger partial charge in [0.15, 0.2) is 5.82 Å². The predicted octanol–water partition coefficient (Wildman–Crippen LogP) is 2.39. The number of methoxy groups -OCH3 is 1. The van der Waals surface area contributed by atoms with Crippen molar-refractivity contribution in [2.24, 2.45) is 0 Å². The Kier molecular flexibility index (Phi) is 5.32. The molecule has 2 amide bonds. The van der Waals surface area contributed by atoms with Crippen LogP contribution in [0.5, 0.6) is 5.75 Å². The number of aromatic nitrogens is 2. The molecule has 0 radical (unpaired) electrons. The molecule has 1 N–H and O–H groups in total. The third kappa shape index (κ3) is 3.48. The summed E-state index contributed by atoms with van der Waals surface area (Å²) in [5.74, 6) is 0.784. The number of carbonyl (C=O) groups excluding carboxylic acids is 2. The number of amides is 2. The first kappa shape index (κ1) is 18.5. The summed E-state index contributed by atoms with van der Waals surface area (Å²) in [7, 11) is 1.61. The minimum absolute atomic E-state index is 0.0353. The molecule has 2 aromatic rings. The van der Waals surface area contributed by atoms with Gasteiger partial charge < -0.3 is 19.5 Å². The average Bonchev–Trinajstić information content (AvgIpc) is 3.40. The van der Waals surface area contributed by atoms with E-state index in [0.717, 1.165) is 68.7 Å². The van der Waals surface area contributed by atoms with E-state index in [9.17, 15) is 9.59 Å². The summed E-state index contributed by atoms with van der Waals surface area (Å²) in [6, 6.07) is 7.59. The number of hydrogen-bond donors (Lipinski definition) is 1. The van der Waals surface area contributed by atoms with Crippen LogP contribution >= 0.6 is 0 Å². The number of carbonyl (C=O) groups is 2. The molecular formula is C21H26N4O3. The Bertz CT molecular complexity index is 884. The average molecular weight is 382 g/mol. The highest BCUT2D eigenvalue weighted by Gasteiger charge is 2.30. The van der Waals surface area contributed by atoms with E-state index in [1.54, 1.807) is 7.11 Å². The van der Waals surface area contributed by atoms with Crippen molar-refractivity contribution >= 4 is 11.8 Å². The first-order chi connectivity index (χ1) is 13.7. The highest BCUT2D eigenvalue weighted by molar-refractivity contribution is 5.97. The molecule has 0 saturated carbocycles. The molecule has 0 unspecified atom stereocenters. The third-order valence-corrected chi connectivity index (χ3v) is 5.55. The van der Waals surface area contributed by atoms with Crippen LogP contribution in [0.4, 0.5) is 0 Å². The molecule has 2 aliphatic heterocycles. The number of ether oxygens (including phenoxy) is 1. The molecule has 1 fully saturated rings. The lowest BCUT2D eigenvalue weighted by Gasteiger charge is -2.19. The van der Waals surface area contributed by atoms with Crippen molar-refractivity contribution in [3.8, 4) is 5.75 Å². The Labute approximate surface area is 164 Å². The Morgan fingerprint density at radius 1 is 1.11 bits per heavy atom. The highest BCUT2D eigenvalue weighted by atomic mass is 16.5. The molecule has 0 aliphatic carbocycles. The molecule has 1 saturated heterocycles. The number of fused-ring (bicyclic) bond motifs is 1. The lowest BCUT2D eigenvalue weighted by molar-refractivity contribution is 0.0786. The second kappa shape index (κ2) is 8.04. The number of nitrogens with one attached hydrogen (secondary N) is 1. The van der Waals surface area contributed by atoms with E-state index in [1.807, 2.05) is 33.7 Å². The first-order valence-corrected chi connectivity index (χ1v) is 9.98. The van der Waals surface area contributed by atoms with E-state index in [1.165, 1.54) is 0 Å². The van der Waals surface area contributed by atoms with Crippen molar-refractivity contribution in [1.29, 1.82) is 0 Å². The van der Waals surface area contributed by atoms with E-state index in [-0.39, 0.29) is 11.8 Å². The Balaban J connectivity index is 1.56. The molecule has 7 nitrogen and oxygen atoms in total. The first-order valence-electron chi connectivity index (χ1n) is 9.98. The zero-order valence-corrected chi connectivity index (χ0v) is 16.2. The third-order valence-electron chi connectivity index (χ3n) is 5.55. The van der Waals surface area contributed by atoms with Crippen LogP contribution in [0.25, 0.3) is 0 Å². The Morgan fingerprint density at radius 3 is 2.64 bits per heavy atom. The number of imidazole rings is 1. The normalized spacial score (nSPS) is 16.0. The van der Waals surface area contributed by atoms with Crippen LogP contribution < -0.4 is 10.1 Å². The lowest BCUT2D eigenvalue weighted by Crippen LogP contribution is -2.29. The summed E-state index contributed by atoms with van der Waals surface area (Å²) in [5.41, 5.74) is 2.27. The minimum Gasteiger partial charge on any atom is -0.496 e. The van der Waals surface area contributed by atoms with Crippen molar-refractivity contribution in [3.05, 3.63) is 47.0 Å². The van der Waals surface area contributed by atoms with Gasteiger partial charge in [-0.15, -0.1) is 0 Å². The van der Waals surface area contributed by atoms with Gasteiger partial charge in [-0.05, 0) is 38.2 Å². The van der Waals surface area contributed by atoms with E-state index in [0.29, 0.717) is 18.1 Å². The fraction of sp³-hybridized carbons (Fsp3) is 0.476. The maximum Gasteiger partial charge on any atom is 0.287 e. The summed E-state index contributed by atoms with van der Waals surface area (Å²) in [4.78, 5) is 32.2. The predicted molar refractivity (Wildman–Crippen MR) is 104 cm³/mol. The van der Waals surface area contributed by atoms with E-state index in [4.69, 9.17) is 4.74 Å². The second-order valence-electron chi connectivity index (χ2n) is 7.33. The van der Waals surface area contributed by atoms with Crippen LogP contribution in [0, 0.1) is 0 Å². The number of para-hydroxylation sites is 1. The zero-order chi connectivity index (χ0) is 19.5. The molecule has 2 aliphatic rings. The second-order valence-corrected chi connectivity index (χ2v) is 7.33. The highest BCUT2D eigenvalue weighted by Crippen LogP contribution is 2.24. The fourth-order valence-electron chi connectivity index (χ4n) is 4.06. The number of benzene rings is 1. The minimum atomic E-state index is -0.255. The number of likely N-dealkylation sites (tertiary alicyclic amines) is 1. The van der Waals surface area contributed by atoms with Gasteiger partial charge in [-0.2, -0.15) is 0 Å². The quantitative estimate of drug-likeness (QED) is 0.862. The molecule has 3 heterocycles. The van der Waals surface area contributed by atoms with Gasteiger partial charge in [0.2, 0.25) is 0 Å². The van der Waals surface area contributed by atoms with Gasteiger partial charge in [0.25, 0.3) is 11.8 Å². The van der Waals surface area contributed by atoms with Crippen LogP contribution in [0.1, 0.15) is 58.0 Å². The fourth-order valence-corrected chi connectivity index (χ4v) is 4.06. The number of nitrogens with zero attached hydrogens (tertiary/aromatic N) is 3. The van der Waals surface area contributed by atoms with Gasteiger partial charge in [-0.25, -0.2) is 4.98 Å². The molecule has 1 aromatic carbocycles. The molecule has 7 heteroatoms. The van der Waals surface area contributed by atoms with Gasteiger partial charge in [0.1, 0.15) is 11.4 Å². The molecular weight excluding hydrogens is 356 g/mol. The summed E-state index contributed by atoms with van der Waals surface area (Å²) in [6.07, 6.45) is 4.88. The zero-order valence-electron chi connectivity index (χ0n) is 16.2. The SMILES string of the molecule is COc1ccccc1CNC(=O)c1nc(C(=O)N2CCCC2)c2n1CCCC2. The van der Waals surface area contributed by atoms with E-state index >= 15 is 0 Å². The van der Waals surface area contributed by atoms with Gasteiger partial charge in [0, 0.05) is 31.7 Å². The standard InChI is InChI=1S/C21H26N4O3/c1-28-17-10-3-2-8-15(17)14-22-20(26)19-23-18(16-9-4-5-13-25(16)19)21(27)24-11-6-7-12-24/h2-3,8,10H,4-7,9,11-14H2,1H3,(H,22,26). The maximum atomic E-state index is 12.9. The largest absolute Gasteiger partial charge is 0.496 e. The Morgan fingerprint density at radius 2 is 1.86 bits per heavy atom. The van der Waals surface area contributed by atoms with Gasteiger partial charge in [-0.1, -0.05) is 18.2 Å². The van der Waals surface area contributed by atoms with Crippen LogP contribution in [-0.2, 0) is 19.5 Å². The van der Waals surface area contributed by atoms with Crippen LogP contribution in [0.3, 0.4) is 0 Å². The molecule has 1 aromatic heterocycles. The van der Waals surface area contributed by atoms with Gasteiger partial charge in [-0.3, -0.25) is 9.59 Å². The van der Waals surface area contributed by atoms with Crippen LogP contribution in [0.2, 0.25) is 0 Å². The smallest absolute Gasteiger partial charge is 0.287 e. The molecule has 0 atom stereocenters. The van der Waals surface area contributed by atoms with Crippen molar-refractivity contribution in [3.63, 3.8) is 0 Å². The van der Waals surface area contributed by atoms with Gasteiger partial charge >= 0.3 is 0 Å². The topological polar surface area (TPSA) is 76.5 Å². The number of rotatable bonds is 5. The van der Waals surface area contributed by atoms with Crippen LogP contribution in [0.15, 0.2) is 24.3 Å². The van der Waals surface area contributed by atoms with Crippen molar-refractivity contribution in [2.75, 3.05) is 20.2 Å². The summed E-state index contributed by atoms with van der Waals surface area (Å²) in [5, 5.41) is 2.93. The van der Waals surface area contributed by atoms with E-state index < -0.39 is 0 Å². The monoisotopic (exact) mass is 382 g/mol. The summed E-state index contributed by atoms with van der Waals surface area (Å²) in [6.45, 7) is 2.63. The molecule has 0 bridgehead atoms. The van der Waals surface area contributed by atoms with E-state index in [2.05, 4.69) is 10.3 Å². The lowest BCUT2D eigenvalue weighted by atomic mass is 10.1. The Hall–Kier alpha value is -2.83. The molecule has 148 valence electrons. The van der Waals surface area contributed by atoms with Gasteiger partial charge in [0.05, 0.1) is 12.8 Å². The summed E-state index contributed by atoms with van der Waals surface area (Å²) < 4.78 is 7.28. The maximum absolute atomic E-state index is 12.9. The molecule has 0 spiro atoms. The molecule has 4 rings (SSSR count). The van der Waals surface area contributed by atoms with Crippen molar-refractivity contribution in [1.82, 2.24) is 19.8 Å². The van der Waals surface area contributed by atoms with Crippen molar-refractivity contribution in [2.45, 2.75) is 45.2 Å². The summed E-state index contributed by atoms with van der Waals surface area (Å²) >= 11 is 0. The van der Waals surface area contributed by atoms with Crippen molar-refractivity contribution < 1.29 is 14.3 Å².